The maximum atomic E-state index is 9.64. The highest BCUT2D eigenvalue weighted by atomic mass is 127. The first-order valence-electron chi connectivity index (χ1n) is 3.77. The number of benzene rings is 1. The molecule has 1 N–H and O–H groups in total. The summed E-state index contributed by atoms with van der Waals surface area (Å²) >= 11 is 7.96. The fourth-order valence-corrected chi connectivity index (χ4v) is 1.89. The Balaban J connectivity index is 2.91. The van der Waals surface area contributed by atoms with Crippen LogP contribution < -0.4 is 0 Å². The highest BCUT2D eigenvalue weighted by molar-refractivity contribution is 14.1. The number of aliphatic hydroxyl groups is 1. The molecule has 13 heavy (non-hydrogen) atoms. The van der Waals surface area contributed by atoms with Crippen LogP contribution >= 0.6 is 34.2 Å². The number of halogens is 2. The molecule has 0 bridgehead atoms. The van der Waals surface area contributed by atoms with Gasteiger partial charge in [0.2, 0.25) is 0 Å². The summed E-state index contributed by atoms with van der Waals surface area (Å²) in [6.45, 7) is 0.288. The fraction of sp³-hybridized carbons (Fsp3) is 0.333. The molecule has 1 atom stereocenters. The predicted molar refractivity (Wildman–Crippen MR) is 61.0 cm³/mol. The Morgan fingerprint density at radius 3 is 2.92 bits per heavy atom. The summed E-state index contributed by atoms with van der Waals surface area (Å²) in [6, 6.07) is 5.43. The molecular formula is C9H10ClIO2. The molecule has 0 heterocycles. The molecule has 1 unspecified atom stereocenters. The molecule has 0 fully saturated rings. The summed E-state index contributed by atoms with van der Waals surface area (Å²) in [5, 5.41) is 10.3. The normalized spacial score (nSPS) is 12.9. The Morgan fingerprint density at radius 1 is 1.62 bits per heavy atom. The van der Waals surface area contributed by atoms with Crippen LogP contribution in [-0.4, -0.2) is 18.8 Å². The van der Waals surface area contributed by atoms with E-state index in [1.165, 1.54) is 0 Å². The van der Waals surface area contributed by atoms with E-state index in [0.29, 0.717) is 5.02 Å². The van der Waals surface area contributed by atoms with Crippen molar-refractivity contribution < 1.29 is 9.84 Å². The van der Waals surface area contributed by atoms with Gasteiger partial charge in [-0.15, -0.1) is 0 Å². The molecular weight excluding hydrogens is 302 g/mol. The van der Waals surface area contributed by atoms with Crippen LogP contribution in [-0.2, 0) is 4.74 Å². The zero-order valence-corrected chi connectivity index (χ0v) is 10.0. The van der Waals surface area contributed by atoms with E-state index in [-0.39, 0.29) is 6.61 Å². The molecule has 1 rings (SSSR count). The van der Waals surface area contributed by atoms with Crippen LogP contribution in [0, 0.1) is 3.57 Å². The summed E-state index contributed by atoms with van der Waals surface area (Å²) in [7, 11) is 1.56. The standard InChI is InChI=1S/C9H10ClIO2/c1-13-5-9(12)7-4-6(10)2-3-8(7)11/h2-4,9,12H,5H2,1H3. The molecule has 0 amide bonds. The van der Waals surface area contributed by atoms with Crippen LogP contribution in [0.4, 0.5) is 0 Å². The van der Waals surface area contributed by atoms with E-state index < -0.39 is 6.10 Å². The van der Waals surface area contributed by atoms with E-state index >= 15 is 0 Å². The lowest BCUT2D eigenvalue weighted by molar-refractivity contribution is 0.0639. The third-order valence-corrected chi connectivity index (χ3v) is 2.86. The van der Waals surface area contributed by atoms with Crippen LogP contribution in [0.25, 0.3) is 0 Å². The zero-order chi connectivity index (χ0) is 9.84. The van der Waals surface area contributed by atoms with Gasteiger partial charge in [-0.05, 0) is 46.4 Å². The molecule has 1 aromatic rings. The third-order valence-electron chi connectivity index (χ3n) is 1.64. The van der Waals surface area contributed by atoms with Gasteiger partial charge >= 0.3 is 0 Å². The first-order valence-corrected chi connectivity index (χ1v) is 5.22. The van der Waals surface area contributed by atoms with Crippen LogP contribution in [0.3, 0.4) is 0 Å². The Morgan fingerprint density at radius 2 is 2.31 bits per heavy atom. The number of hydrogen-bond donors (Lipinski definition) is 1. The molecule has 0 saturated heterocycles. The third kappa shape index (κ3) is 3.09. The average molecular weight is 313 g/mol. The lowest BCUT2D eigenvalue weighted by Crippen LogP contribution is -2.06. The highest BCUT2D eigenvalue weighted by Gasteiger charge is 2.10. The first-order chi connectivity index (χ1) is 6.15. The summed E-state index contributed by atoms with van der Waals surface area (Å²) in [5.74, 6) is 0. The number of methoxy groups -OCH3 is 1. The SMILES string of the molecule is COCC(O)c1cc(Cl)ccc1I. The van der Waals surface area contributed by atoms with Crippen molar-refractivity contribution in [1.29, 1.82) is 0 Å². The van der Waals surface area contributed by atoms with Gasteiger partial charge in [0.05, 0.1) is 6.61 Å². The molecule has 72 valence electrons. The second kappa shape index (κ2) is 5.14. The summed E-state index contributed by atoms with van der Waals surface area (Å²) in [6.07, 6.45) is -0.601. The van der Waals surface area contributed by atoms with Gasteiger partial charge in [0.25, 0.3) is 0 Å². The van der Waals surface area contributed by atoms with Crippen LogP contribution in [0.15, 0.2) is 18.2 Å². The Kier molecular flexibility index (Phi) is 4.45. The highest BCUT2D eigenvalue weighted by Crippen LogP contribution is 2.23. The molecule has 4 heteroatoms. The quantitative estimate of drug-likeness (QED) is 0.870. The zero-order valence-electron chi connectivity index (χ0n) is 7.13. The van der Waals surface area contributed by atoms with Gasteiger partial charge in [0.1, 0.15) is 6.10 Å². The second-order valence-corrected chi connectivity index (χ2v) is 4.24. The minimum atomic E-state index is -0.601. The summed E-state index contributed by atoms with van der Waals surface area (Å²) in [5.41, 5.74) is 0.815. The largest absolute Gasteiger partial charge is 0.386 e. The Labute approximate surface area is 96.0 Å². The maximum absolute atomic E-state index is 9.64. The van der Waals surface area contributed by atoms with Crippen molar-refractivity contribution in [3.05, 3.63) is 32.4 Å². The fourth-order valence-electron chi connectivity index (χ4n) is 1.02. The molecule has 0 radical (unpaired) electrons. The van der Waals surface area contributed by atoms with Crippen molar-refractivity contribution in [2.45, 2.75) is 6.10 Å². The minimum Gasteiger partial charge on any atom is -0.386 e. The van der Waals surface area contributed by atoms with Crippen molar-refractivity contribution >= 4 is 34.2 Å². The van der Waals surface area contributed by atoms with Crippen molar-refractivity contribution in [3.63, 3.8) is 0 Å². The Bertz CT molecular complexity index is 291. The Hall–Kier alpha value is 0.160. The molecule has 0 aliphatic rings. The van der Waals surface area contributed by atoms with E-state index in [1.54, 1.807) is 19.2 Å². The smallest absolute Gasteiger partial charge is 0.103 e. The van der Waals surface area contributed by atoms with E-state index in [9.17, 15) is 5.11 Å². The predicted octanol–water partition coefficient (Wildman–Crippen LogP) is 2.62. The lowest BCUT2D eigenvalue weighted by atomic mass is 10.1. The van der Waals surface area contributed by atoms with Crippen molar-refractivity contribution in [3.8, 4) is 0 Å². The molecule has 1 aromatic carbocycles. The second-order valence-electron chi connectivity index (χ2n) is 2.64. The van der Waals surface area contributed by atoms with Gasteiger partial charge < -0.3 is 9.84 Å². The lowest BCUT2D eigenvalue weighted by Gasteiger charge is -2.11. The summed E-state index contributed by atoms with van der Waals surface area (Å²) in [4.78, 5) is 0. The average Bonchev–Trinajstić information content (AvgIpc) is 2.09. The van der Waals surface area contributed by atoms with E-state index in [1.807, 2.05) is 6.07 Å². The molecule has 0 aromatic heterocycles. The van der Waals surface area contributed by atoms with E-state index in [0.717, 1.165) is 9.13 Å². The molecule has 2 nitrogen and oxygen atoms in total. The number of hydrogen-bond acceptors (Lipinski definition) is 2. The van der Waals surface area contributed by atoms with Gasteiger partial charge in [-0.25, -0.2) is 0 Å². The van der Waals surface area contributed by atoms with Crippen LogP contribution in [0.5, 0.6) is 0 Å². The van der Waals surface area contributed by atoms with Gasteiger partial charge in [-0.1, -0.05) is 11.6 Å². The molecule has 0 saturated carbocycles. The molecule has 0 spiro atoms. The number of ether oxygens (including phenoxy) is 1. The first kappa shape index (κ1) is 11.2. The van der Waals surface area contributed by atoms with Gasteiger partial charge in [0.15, 0.2) is 0 Å². The maximum Gasteiger partial charge on any atom is 0.103 e. The van der Waals surface area contributed by atoms with Gasteiger partial charge in [-0.3, -0.25) is 0 Å². The van der Waals surface area contributed by atoms with E-state index in [2.05, 4.69) is 22.6 Å². The van der Waals surface area contributed by atoms with Crippen molar-refractivity contribution in [2.75, 3.05) is 13.7 Å². The molecule has 0 aliphatic carbocycles. The van der Waals surface area contributed by atoms with Crippen LogP contribution in [0.2, 0.25) is 5.02 Å². The van der Waals surface area contributed by atoms with Crippen molar-refractivity contribution in [1.82, 2.24) is 0 Å². The molecule has 0 aliphatic heterocycles. The number of rotatable bonds is 3. The van der Waals surface area contributed by atoms with Gasteiger partial charge in [0, 0.05) is 15.7 Å². The van der Waals surface area contributed by atoms with Crippen LogP contribution in [0.1, 0.15) is 11.7 Å². The van der Waals surface area contributed by atoms with Gasteiger partial charge in [-0.2, -0.15) is 0 Å². The monoisotopic (exact) mass is 312 g/mol. The van der Waals surface area contributed by atoms with Crippen molar-refractivity contribution in [2.24, 2.45) is 0 Å². The summed E-state index contributed by atoms with van der Waals surface area (Å²) < 4.78 is 5.85. The topological polar surface area (TPSA) is 29.5 Å². The number of aliphatic hydroxyl groups excluding tert-OH is 1. The van der Waals surface area contributed by atoms with E-state index in [4.69, 9.17) is 16.3 Å². The minimum absolute atomic E-state index is 0.288.